The Balaban J connectivity index is 1.51. The minimum atomic E-state index is -3.68. The van der Waals surface area contributed by atoms with E-state index in [1.165, 1.54) is 22.0 Å². The van der Waals surface area contributed by atoms with Crippen LogP contribution in [0.3, 0.4) is 0 Å². The van der Waals surface area contributed by atoms with Crippen molar-refractivity contribution in [2.45, 2.75) is 36.0 Å². The minimum absolute atomic E-state index is 0.00615. The van der Waals surface area contributed by atoms with Gasteiger partial charge in [0.05, 0.1) is 5.02 Å². The molecule has 148 valence electrons. The monoisotopic (exact) mass is 418 g/mol. The van der Waals surface area contributed by atoms with Crippen LogP contribution in [0, 0.1) is 0 Å². The van der Waals surface area contributed by atoms with Crippen LogP contribution in [0.2, 0.25) is 5.02 Å². The minimum Gasteiger partial charge on any atom is -0.351 e. The fraction of sp³-hybridized carbons (Fsp3) is 0.381. The quantitative estimate of drug-likeness (QED) is 0.779. The number of benzene rings is 2. The second kappa shape index (κ2) is 7.50. The summed E-state index contributed by atoms with van der Waals surface area (Å²) in [4.78, 5) is 12.7. The molecule has 5 nitrogen and oxygen atoms in total. The number of rotatable bonds is 6. The van der Waals surface area contributed by atoms with Gasteiger partial charge in [-0.1, -0.05) is 41.9 Å². The van der Waals surface area contributed by atoms with Crippen molar-refractivity contribution in [2.75, 3.05) is 19.6 Å². The number of carbonyl (C=O) groups is 1. The van der Waals surface area contributed by atoms with Crippen LogP contribution in [-0.2, 0) is 15.4 Å². The fourth-order valence-corrected chi connectivity index (χ4v) is 5.79. The topological polar surface area (TPSA) is 66.5 Å². The van der Waals surface area contributed by atoms with Crippen molar-refractivity contribution in [1.29, 1.82) is 0 Å². The number of hydrogen-bond acceptors (Lipinski definition) is 3. The first kappa shape index (κ1) is 19.4. The molecule has 28 heavy (non-hydrogen) atoms. The molecular formula is C21H23ClN2O3S. The molecule has 1 aliphatic heterocycles. The highest BCUT2D eigenvalue weighted by molar-refractivity contribution is 7.89. The number of sulfonamides is 1. The van der Waals surface area contributed by atoms with Crippen molar-refractivity contribution < 1.29 is 13.2 Å². The number of halogens is 1. The van der Waals surface area contributed by atoms with Gasteiger partial charge in [-0.25, -0.2) is 8.42 Å². The highest BCUT2D eigenvalue weighted by atomic mass is 35.5. The molecule has 0 spiro atoms. The molecule has 1 heterocycles. The normalized spacial score (nSPS) is 18.8. The summed E-state index contributed by atoms with van der Waals surface area (Å²) in [5.41, 5.74) is 1.53. The SMILES string of the molecule is O=C(NCC1(c2ccccc2)CC1)c1ccc(Cl)c(S(=O)(=O)N2CCCC2)c1. The number of hydrogen-bond donors (Lipinski definition) is 1. The number of carbonyl (C=O) groups excluding carboxylic acids is 1. The van der Waals surface area contributed by atoms with Crippen molar-refractivity contribution >= 4 is 27.5 Å². The number of nitrogens with one attached hydrogen (secondary N) is 1. The zero-order chi connectivity index (χ0) is 19.8. The largest absolute Gasteiger partial charge is 0.351 e. The Morgan fingerprint density at radius 2 is 1.75 bits per heavy atom. The summed E-state index contributed by atoms with van der Waals surface area (Å²) in [5, 5.41) is 3.12. The van der Waals surface area contributed by atoms with E-state index in [0.29, 0.717) is 25.2 Å². The van der Waals surface area contributed by atoms with Gasteiger partial charge in [-0.05, 0) is 49.4 Å². The maximum atomic E-state index is 12.9. The van der Waals surface area contributed by atoms with E-state index in [2.05, 4.69) is 17.4 Å². The zero-order valence-corrected chi connectivity index (χ0v) is 17.1. The Morgan fingerprint density at radius 1 is 1.07 bits per heavy atom. The average Bonchev–Trinajstić information content (AvgIpc) is 3.28. The van der Waals surface area contributed by atoms with Gasteiger partial charge in [0, 0.05) is 30.6 Å². The lowest BCUT2D eigenvalue weighted by Crippen LogP contribution is -2.32. The fourth-order valence-electron chi connectivity index (χ4n) is 3.77. The first-order chi connectivity index (χ1) is 13.4. The highest BCUT2D eigenvalue weighted by Crippen LogP contribution is 2.47. The Labute approximate surface area is 170 Å². The highest BCUT2D eigenvalue weighted by Gasteiger charge is 2.44. The molecule has 0 atom stereocenters. The maximum Gasteiger partial charge on any atom is 0.251 e. The first-order valence-electron chi connectivity index (χ1n) is 9.56. The summed E-state index contributed by atoms with van der Waals surface area (Å²) in [5.74, 6) is -0.281. The molecule has 1 saturated heterocycles. The van der Waals surface area contributed by atoms with Crippen molar-refractivity contribution in [3.05, 3.63) is 64.7 Å². The lowest BCUT2D eigenvalue weighted by Gasteiger charge is -2.18. The van der Waals surface area contributed by atoms with E-state index < -0.39 is 10.0 Å². The molecule has 2 fully saturated rings. The van der Waals surface area contributed by atoms with Gasteiger partial charge >= 0.3 is 0 Å². The van der Waals surface area contributed by atoms with Gasteiger partial charge in [-0.15, -0.1) is 0 Å². The van der Waals surface area contributed by atoms with E-state index >= 15 is 0 Å². The molecule has 1 aliphatic carbocycles. The molecule has 2 aromatic rings. The van der Waals surface area contributed by atoms with E-state index in [0.717, 1.165) is 25.7 Å². The van der Waals surface area contributed by atoms with E-state index in [9.17, 15) is 13.2 Å². The van der Waals surface area contributed by atoms with Gasteiger partial charge in [0.15, 0.2) is 0 Å². The molecular weight excluding hydrogens is 396 g/mol. The number of amides is 1. The predicted octanol–water partition coefficient (Wildman–Crippen LogP) is 3.59. The third kappa shape index (κ3) is 3.69. The molecule has 2 aliphatic rings. The molecule has 0 radical (unpaired) electrons. The maximum absolute atomic E-state index is 12.9. The lowest BCUT2D eigenvalue weighted by atomic mass is 9.96. The van der Waals surface area contributed by atoms with Gasteiger partial charge in [0.1, 0.15) is 4.90 Å². The standard InChI is InChI=1S/C21H23ClN2O3S/c22-18-9-8-16(14-19(18)28(26,27)24-12-4-5-13-24)20(25)23-15-21(10-11-21)17-6-2-1-3-7-17/h1-3,6-9,14H,4-5,10-13,15H2,(H,23,25). The van der Waals surface area contributed by atoms with Gasteiger partial charge in [0.2, 0.25) is 10.0 Å². The van der Waals surface area contributed by atoms with Crippen LogP contribution in [0.4, 0.5) is 0 Å². The third-order valence-corrected chi connectivity index (χ3v) is 8.08. The predicted molar refractivity (Wildman–Crippen MR) is 109 cm³/mol. The molecule has 1 amide bonds. The third-order valence-electron chi connectivity index (χ3n) is 5.70. The first-order valence-corrected chi connectivity index (χ1v) is 11.4. The van der Waals surface area contributed by atoms with Crippen molar-refractivity contribution in [2.24, 2.45) is 0 Å². The van der Waals surface area contributed by atoms with Gasteiger partial charge < -0.3 is 5.32 Å². The Kier molecular flexibility index (Phi) is 5.21. The molecule has 0 aromatic heterocycles. The second-order valence-electron chi connectivity index (χ2n) is 7.59. The molecule has 1 saturated carbocycles. The summed E-state index contributed by atoms with van der Waals surface area (Å²) in [6, 6.07) is 14.6. The van der Waals surface area contributed by atoms with Crippen molar-refractivity contribution in [3.8, 4) is 0 Å². The molecule has 7 heteroatoms. The molecule has 0 unspecified atom stereocenters. The Morgan fingerprint density at radius 3 is 2.39 bits per heavy atom. The lowest BCUT2D eigenvalue weighted by molar-refractivity contribution is 0.0949. The van der Waals surface area contributed by atoms with Crippen LogP contribution in [0.5, 0.6) is 0 Å². The van der Waals surface area contributed by atoms with Gasteiger partial charge in [0.25, 0.3) is 5.91 Å². The average molecular weight is 419 g/mol. The number of nitrogens with zero attached hydrogens (tertiary/aromatic N) is 1. The molecule has 2 aromatic carbocycles. The van der Waals surface area contributed by atoms with Crippen molar-refractivity contribution in [3.63, 3.8) is 0 Å². The van der Waals surface area contributed by atoms with Crippen LogP contribution in [0.15, 0.2) is 53.4 Å². The van der Waals surface area contributed by atoms with E-state index in [4.69, 9.17) is 11.6 Å². The van der Waals surface area contributed by atoms with E-state index in [-0.39, 0.29) is 21.2 Å². The van der Waals surface area contributed by atoms with Crippen LogP contribution >= 0.6 is 11.6 Å². The smallest absolute Gasteiger partial charge is 0.251 e. The summed E-state index contributed by atoms with van der Waals surface area (Å²) < 4.78 is 27.1. The van der Waals surface area contributed by atoms with Gasteiger partial charge in [-0.2, -0.15) is 4.31 Å². The molecule has 4 rings (SSSR count). The summed E-state index contributed by atoms with van der Waals surface area (Å²) >= 11 is 6.17. The second-order valence-corrected chi connectivity index (χ2v) is 9.90. The summed E-state index contributed by atoms with van der Waals surface area (Å²) in [6.07, 6.45) is 3.76. The summed E-state index contributed by atoms with van der Waals surface area (Å²) in [6.45, 7) is 1.52. The van der Waals surface area contributed by atoms with E-state index in [1.807, 2.05) is 18.2 Å². The Hall–Kier alpha value is -1.89. The van der Waals surface area contributed by atoms with Crippen LogP contribution in [-0.4, -0.2) is 38.3 Å². The van der Waals surface area contributed by atoms with Crippen LogP contribution in [0.1, 0.15) is 41.6 Å². The van der Waals surface area contributed by atoms with Gasteiger partial charge in [-0.3, -0.25) is 4.79 Å². The van der Waals surface area contributed by atoms with Crippen LogP contribution < -0.4 is 5.32 Å². The van der Waals surface area contributed by atoms with Crippen LogP contribution in [0.25, 0.3) is 0 Å². The zero-order valence-electron chi connectivity index (χ0n) is 15.5. The molecule has 0 bridgehead atoms. The molecule has 1 N–H and O–H groups in total. The summed E-state index contributed by atoms with van der Waals surface area (Å²) in [7, 11) is -3.68. The van der Waals surface area contributed by atoms with E-state index in [1.54, 1.807) is 6.07 Å². The Bertz CT molecular complexity index is 982. The van der Waals surface area contributed by atoms with Crippen molar-refractivity contribution in [1.82, 2.24) is 9.62 Å².